The summed E-state index contributed by atoms with van der Waals surface area (Å²) >= 11 is 1.15. The number of furan rings is 1. The van der Waals surface area contributed by atoms with Gasteiger partial charge in [-0.05, 0) is 18.2 Å². The Labute approximate surface area is 94.3 Å². The predicted octanol–water partition coefficient (Wildman–Crippen LogP) is 2.29. The van der Waals surface area contributed by atoms with Gasteiger partial charge >= 0.3 is 5.97 Å². The van der Waals surface area contributed by atoms with Crippen LogP contribution in [0.5, 0.6) is 0 Å². The summed E-state index contributed by atoms with van der Waals surface area (Å²) in [6.45, 7) is 0. The Morgan fingerprint density at radius 2 is 2.25 bits per heavy atom. The van der Waals surface area contributed by atoms with Crippen LogP contribution < -0.4 is 5.32 Å². The van der Waals surface area contributed by atoms with Crippen molar-refractivity contribution in [1.82, 2.24) is 0 Å². The molecule has 2 heterocycles. The van der Waals surface area contributed by atoms with Gasteiger partial charge < -0.3 is 14.8 Å². The second kappa shape index (κ2) is 4.19. The van der Waals surface area contributed by atoms with Gasteiger partial charge in [0.15, 0.2) is 5.76 Å². The highest BCUT2D eigenvalue weighted by molar-refractivity contribution is 7.14. The van der Waals surface area contributed by atoms with Crippen LogP contribution >= 0.6 is 11.3 Å². The summed E-state index contributed by atoms with van der Waals surface area (Å²) in [5, 5.41) is 13.2. The summed E-state index contributed by atoms with van der Waals surface area (Å²) in [5.41, 5.74) is 0.153. The minimum Gasteiger partial charge on any atom is -0.478 e. The number of carbonyl (C=O) groups is 2. The van der Waals surface area contributed by atoms with Crippen LogP contribution in [0.3, 0.4) is 0 Å². The summed E-state index contributed by atoms with van der Waals surface area (Å²) in [7, 11) is 0. The number of aromatic carboxylic acids is 1. The van der Waals surface area contributed by atoms with Gasteiger partial charge in [0.25, 0.3) is 5.91 Å². The molecule has 2 aromatic rings. The van der Waals surface area contributed by atoms with E-state index in [0.717, 1.165) is 11.3 Å². The molecule has 2 N–H and O–H groups in total. The SMILES string of the molecule is O=C(O)c1csc(NC(=O)c2ccco2)c1. The van der Waals surface area contributed by atoms with Crippen LogP contribution in [0.25, 0.3) is 0 Å². The van der Waals surface area contributed by atoms with E-state index >= 15 is 0 Å². The molecule has 0 aliphatic rings. The molecule has 0 aliphatic heterocycles. The highest BCUT2D eigenvalue weighted by Crippen LogP contribution is 2.21. The Morgan fingerprint density at radius 1 is 1.44 bits per heavy atom. The Hall–Kier alpha value is -2.08. The lowest BCUT2D eigenvalue weighted by atomic mass is 10.3. The number of anilines is 1. The van der Waals surface area contributed by atoms with Gasteiger partial charge in [-0.15, -0.1) is 11.3 Å². The molecule has 0 saturated carbocycles. The maximum Gasteiger partial charge on any atom is 0.336 e. The van der Waals surface area contributed by atoms with E-state index in [2.05, 4.69) is 5.32 Å². The molecular formula is C10H7NO4S. The van der Waals surface area contributed by atoms with Crippen molar-refractivity contribution in [3.8, 4) is 0 Å². The van der Waals surface area contributed by atoms with Crippen LogP contribution in [-0.2, 0) is 0 Å². The molecule has 2 aromatic heterocycles. The van der Waals surface area contributed by atoms with E-state index < -0.39 is 11.9 Å². The van der Waals surface area contributed by atoms with Gasteiger partial charge in [-0.3, -0.25) is 4.79 Å². The fraction of sp³-hybridized carbons (Fsp3) is 0. The average molecular weight is 237 g/mol. The number of amides is 1. The van der Waals surface area contributed by atoms with Gasteiger partial charge in [-0.1, -0.05) is 0 Å². The second-order valence-corrected chi connectivity index (χ2v) is 3.85. The minimum absolute atomic E-state index is 0.153. The van der Waals surface area contributed by atoms with Gasteiger partial charge in [0, 0.05) is 5.38 Å². The van der Waals surface area contributed by atoms with Crippen LogP contribution in [0, 0.1) is 0 Å². The summed E-state index contributed by atoms with van der Waals surface area (Å²) in [5.74, 6) is -1.23. The third kappa shape index (κ3) is 2.12. The van der Waals surface area contributed by atoms with Crippen molar-refractivity contribution in [1.29, 1.82) is 0 Å². The molecule has 0 unspecified atom stereocenters. The number of hydrogen-bond acceptors (Lipinski definition) is 4. The van der Waals surface area contributed by atoms with Gasteiger partial charge in [0.1, 0.15) is 0 Å². The lowest BCUT2D eigenvalue weighted by Crippen LogP contribution is -2.09. The number of carboxylic acid groups (broad SMARTS) is 1. The minimum atomic E-state index is -1.02. The number of rotatable bonds is 3. The molecule has 2 rings (SSSR count). The van der Waals surface area contributed by atoms with Crippen molar-refractivity contribution in [3.05, 3.63) is 41.2 Å². The third-order valence-corrected chi connectivity index (χ3v) is 2.67. The highest BCUT2D eigenvalue weighted by Gasteiger charge is 2.11. The molecule has 82 valence electrons. The zero-order valence-electron chi connectivity index (χ0n) is 7.97. The van der Waals surface area contributed by atoms with E-state index in [4.69, 9.17) is 9.52 Å². The zero-order chi connectivity index (χ0) is 11.5. The number of carbonyl (C=O) groups excluding carboxylic acids is 1. The van der Waals surface area contributed by atoms with Crippen molar-refractivity contribution < 1.29 is 19.1 Å². The largest absolute Gasteiger partial charge is 0.478 e. The Bertz CT molecular complexity index is 515. The van der Waals surface area contributed by atoms with Crippen LogP contribution in [-0.4, -0.2) is 17.0 Å². The van der Waals surface area contributed by atoms with E-state index in [9.17, 15) is 9.59 Å². The summed E-state index contributed by atoms with van der Waals surface area (Å²) in [6, 6.07) is 4.53. The van der Waals surface area contributed by atoms with E-state index in [1.54, 1.807) is 6.07 Å². The lowest BCUT2D eigenvalue weighted by Gasteiger charge is -1.97. The van der Waals surface area contributed by atoms with Gasteiger partial charge in [-0.25, -0.2) is 4.79 Å². The summed E-state index contributed by atoms with van der Waals surface area (Å²) in [6.07, 6.45) is 1.39. The normalized spacial score (nSPS) is 10.0. The van der Waals surface area contributed by atoms with Crippen molar-refractivity contribution in [2.24, 2.45) is 0 Å². The van der Waals surface area contributed by atoms with E-state index in [1.165, 1.54) is 23.8 Å². The fourth-order valence-electron chi connectivity index (χ4n) is 1.10. The molecular weight excluding hydrogens is 230 g/mol. The first-order valence-electron chi connectivity index (χ1n) is 4.33. The Balaban J connectivity index is 2.09. The fourth-order valence-corrected chi connectivity index (χ4v) is 1.86. The molecule has 0 aromatic carbocycles. The van der Waals surface area contributed by atoms with Gasteiger partial charge in [0.05, 0.1) is 16.8 Å². The lowest BCUT2D eigenvalue weighted by molar-refractivity contribution is 0.0697. The molecule has 0 saturated heterocycles. The maximum atomic E-state index is 11.5. The Kier molecular flexibility index (Phi) is 2.74. The van der Waals surface area contributed by atoms with Crippen molar-refractivity contribution in [3.63, 3.8) is 0 Å². The smallest absolute Gasteiger partial charge is 0.336 e. The first-order chi connectivity index (χ1) is 7.66. The Morgan fingerprint density at radius 3 is 2.81 bits per heavy atom. The maximum absolute atomic E-state index is 11.5. The van der Waals surface area contributed by atoms with Gasteiger partial charge in [0.2, 0.25) is 0 Å². The zero-order valence-corrected chi connectivity index (χ0v) is 8.78. The van der Waals surface area contributed by atoms with Crippen molar-refractivity contribution >= 4 is 28.2 Å². The number of thiophene rings is 1. The summed E-state index contributed by atoms with van der Waals surface area (Å²) < 4.78 is 4.90. The van der Waals surface area contributed by atoms with Crippen LogP contribution in [0.4, 0.5) is 5.00 Å². The molecule has 6 heteroatoms. The quantitative estimate of drug-likeness (QED) is 0.858. The third-order valence-electron chi connectivity index (χ3n) is 1.83. The van der Waals surface area contributed by atoms with E-state index in [1.807, 2.05) is 0 Å². The molecule has 0 fully saturated rings. The van der Waals surface area contributed by atoms with Crippen molar-refractivity contribution in [2.45, 2.75) is 0 Å². The molecule has 0 radical (unpaired) electrons. The molecule has 1 amide bonds. The topological polar surface area (TPSA) is 79.5 Å². The average Bonchev–Trinajstić information content (AvgIpc) is 2.87. The first-order valence-corrected chi connectivity index (χ1v) is 5.21. The molecule has 0 aliphatic carbocycles. The van der Waals surface area contributed by atoms with Crippen molar-refractivity contribution in [2.75, 3.05) is 5.32 Å². The molecule has 0 spiro atoms. The van der Waals surface area contributed by atoms with E-state index in [0.29, 0.717) is 5.00 Å². The van der Waals surface area contributed by atoms with E-state index in [-0.39, 0.29) is 11.3 Å². The summed E-state index contributed by atoms with van der Waals surface area (Å²) in [4.78, 5) is 22.1. The molecule has 0 atom stereocenters. The molecule has 16 heavy (non-hydrogen) atoms. The first kappa shape index (κ1) is 10.4. The van der Waals surface area contributed by atoms with Crippen LogP contribution in [0.15, 0.2) is 34.3 Å². The number of hydrogen-bond donors (Lipinski definition) is 2. The highest BCUT2D eigenvalue weighted by atomic mass is 32.1. The second-order valence-electron chi connectivity index (χ2n) is 2.94. The monoisotopic (exact) mass is 237 g/mol. The molecule has 0 bridgehead atoms. The number of carboxylic acids is 1. The standard InChI is InChI=1S/C10H7NO4S/c12-9(7-2-1-3-15-7)11-8-4-6(5-16-8)10(13)14/h1-5H,(H,11,12)(H,13,14). The molecule has 5 nitrogen and oxygen atoms in total. The van der Waals surface area contributed by atoms with Crippen LogP contribution in [0.2, 0.25) is 0 Å². The van der Waals surface area contributed by atoms with Crippen LogP contribution in [0.1, 0.15) is 20.9 Å². The predicted molar refractivity (Wildman–Crippen MR) is 57.9 cm³/mol. The van der Waals surface area contributed by atoms with Gasteiger partial charge in [-0.2, -0.15) is 0 Å². The number of nitrogens with one attached hydrogen (secondary N) is 1.